The maximum Gasteiger partial charge on any atom is 0.267 e. The quantitative estimate of drug-likeness (QED) is 0.459. The number of thiophene rings is 1. The van der Waals surface area contributed by atoms with Crippen LogP contribution in [0.25, 0.3) is 10.1 Å². The number of benzene rings is 2. The lowest BCUT2D eigenvalue weighted by Crippen LogP contribution is -2.12. The number of carbonyl (C=O) groups is 1. The summed E-state index contributed by atoms with van der Waals surface area (Å²) >= 11 is 7.79. The molecule has 0 aliphatic carbocycles. The normalized spacial score (nSPS) is 11.1. The summed E-state index contributed by atoms with van der Waals surface area (Å²) < 4.78 is 15.9. The molecule has 0 radical (unpaired) electrons. The van der Waals surface area contributed by atoms with Crippen LogP contribution >= 0.6 is 22.9 Å². The number of fused-ring (bicyclic) bond motifs is 1. The van der Waals surface area contributed by atoms with Gasteiger partial charge in [-0.05, 0) is 37.6 Å². The zero-order chi connectivity index (χ0) is 19.8. The van der Waals surface area contributed by atoms with Crippen molar-refractivity contribution >= 4 is 44.6 Å². The molecule has 0 aliphatic rings. The minimum Gasteiger partial charge on any atom is -0.318 e. The second kappa shape index (κ2) is 7.37. The number of aryl methyl sites for hydroxylation is 1. The van der Waals surface area contributed by atoms with E-state index >= 15 is 0 Å². The van der Waals surface area contributed by atoms with Crippen LogP contribution in [0.3, 0.4) is 0 Å². The number of halogens is 2. The van der Waals surface area contributed by atoms with Gasteiger partial charge in [-0.1, -0.05) is 41.9 Å². The summed E-state index contributed by atoms with van der Waals surface area (Å²) in [5, 5.41) is 8.81. The molecule has 142 valence electrons. The van der Waals surface area contributed by atoms with Gasteiger partial charge in [-0.3, -0.25) is 9.48 Å². The van der Waals surface area contributed by atoms with Gasteiger partial charge in [-0.15, -0.1) is 11.3 Å². The van der Waals surface area contributed by atoms with Crippen molar-refractivity contribution in [2.75, 3.05) is 5.32 Å². The van der Waals surface area contributed by atoms with E-state index in [1.165, 1.54) is 23.5 Å². The van der Waals surface area contributed by atoms with Gasteiger partial charge in [0.25, 0.3) is 5.91 Å². The molecule has 0 aliphatic heterocycles. The molecule has 4 rings (SSSR count). The number of aromatic nitrogens is 2. The van der Waals surface area contributed by atoms with E-state index in [0.29, 0.717) is 27.8 Å². The van der Waals surface area contributed by atoms with Gasteiger partial charge >= 0.3 is 0 Å². The van der Waals surface area contributed by atoms with E-state index < -0.39 is 0 Å². The van der Waals surface area contributed by atoms with Crippen LogP contribution in [0.5, 0.6) is 0 Å². The van der Waals surface area contributed by atoms with Crippen molar-refractivity contribution in [3.05, 3.63) is 81.2 Å². The molecule has 0 fully saturated rings. The highest BCUT2D eigenvalue weighted by Crippen LogP contribution is 2.36. The van der Waals surface area contributed by atoms with Gasteiger partial charge in [0, 0.05) is 10.1 Å². The number of anilines is 1. The van der Waals surface area contributed by atoms with Crippen molar-refractivity contribution in [2.45, 2.75) is 20.4 Å². The number of carbonyl (C=O) groups excluding carboxylic acids is 1. The molecule has 0 atom stereocenters. The van der Waals surface area contributed by atoms with Crippen molar-refractivity contribution in [3.63, 3.8) is 0 Å². The summed E-state index contributed by atoms with van der Waals surface area (Å²) in [6, 6.07) is 14.0. The third kappa shape index (κ3) is 3.41. The van der Waals surface area contributed by atoms with E-state index in [-0.39, 0.29) is 11.7 Å². The Balaban J connectivity index is 1.60. The number of rotatable bonds is 4. The molecular weight excluding hydrogens is 397 g/mol. The van der Waals surface area contributed by atoms with Gasteiger partial charge in [-0.25, -0.2) is 4.39 Å². The first-order valence-corrected chi connectivity index (χ1v) is 9.90. The molecule has 2 heterocycles. The Kier molecular flexibility index (Phi) is 4.91. The molecule has 0 unspecified atom stereocenters. The number of amides is 1. The fourth-order valence-electron chi connectivity index (χ4n) is 3.12. The Bertz CT molecular complexity index is 1180. The van der Waals surface area contributed by atoms with E-state index in [1.54, 1.807) is 16.8 Å². The van der Waals surface area contributed by atoms with Crippen LogP contribution in [-0.2, 0) is 6.54 Å². The minimum atomic E-state index is -0.273. The minimum absolute atomic E-state index is 0.251. The molecule has 0 saturated heterocycles. The smallest absolute Gasteiger partial charge is 0.267 e. The Morgan fingerprint density at radius 3 is 2.61 bits per heavy atom. The average molecular weight is 414 g/mol. The van der Waals surface area contributed by atoms with Gasteiger partial charge in [0.15, 0.2) is 0 Å². The van der Waals surface area contributed by atoms with Gasteiger partial charge in [0.2, 0.25) is 0 Å². The van der Waals surface area contributed by atoms with Crippen molar-refractivity contribution in [2.24, 2.45) is 0 Å². The van der Waals surface area contributed by atoms with Crippen LogP contribution in [0.2, 0.25) is 5.02 Å². The molecule has 2 aromatic heterocycles. The van der Waals surface area contributed by atoms with Crippen LogP contribution in [0, 0.1) is 19.7 Å². The van der Waals surface area contributed by atoms with Crippen molar-refractivity contribution in [3.8, 4) is 0 Å². The third-order valence-corrected chi connectivity index (χ3v) is 6.28. The molecule has 0 spiro atoms. The molecule has 0 bridgehead atoms. The second-order valence-corrected chi connectivity index (χ2v) is 7.96. The molecule has 28 heavy (non-hydrogen) atoms. The highest BCUT2D eigenvalue weighted by molar-refractivity contribution is 7.21. The molecule has 1 amide bonds. The van der Waals surface area contributed by atoms with Gasteiger partial charge < -0.3 is 5.32 Å². The van der Waals surface area contributed by atoms with Gasteiger partial charge in [-0.2, -0.15) is 5.10 Å². The Labute approximate surface area is 170 Å². The van der Waals surface area contributed by atoms with Crippen molar-refractivity contribution in [1.29, 1.82) is 0 Å². The third-order valence-electron chi connectivity index (χ3n) is 4.61. The molecule has 0 saturated carbocycles. The standard InChI is InChI=1S/C21H17ClFN3OS/c1-12-19(13(2)26(25-12)11-14-7-9-15(23)10-8-14)24-21(27)20-18(22)16-5-3-4-6-17(16)28-20/h3-10H,11H2,1-2H3,(H,24,27). The van der Waals surface area contributed by atoms with Crippen LogP contribution in [-0.4, -0.2) is 15.7 Å². The first-order chi connectivity index (χ1) is 13.4. The maximum atomic E-state index is 13.1. The van der Waals surface area contributed by atoms with Crippen molar-refractivity contribution < 1.29 is 9.18 Å². The molecular formula is C21H17ClFN3OS. The number of nitrogens with one attached hydrogen (secondary N) is 1. The Morgan fingerprint density at radius 2 is 1.89 bits per heavy atom. The molecule has 1 N–H and O–H groups in total. The first kappa shape index (κ1) is 18.7. The van der Waals surface area contributed by atoms with Crippen LogP contribution in [0.15, 0.2) is 48.5 Å². The summed E-state index contributed by atoms with van der Waals surface area (Å²) in [4.78, 5) is 13.3. The largest absolute Gasteiger partial charge is 0.318 e. The van der Waals surface area contributed by atoms with E-state index in [9.17, 15) is 9.18 Å². The summed E-state index contributed by atoms with van der Waals surface area (Å²) in [6.45, 7) is 4.23. The number of nitrogens with zero attached hydrogens (tertiary/aromatic N) is 2. The first-order valence-electron chi connectivity index (χ1n) is 8.71. The molecule has 2 aromatic carbocycles. The summed E-state index contributed by atoms with van der Waals surface area (Å²) in [5.74, 6) is -0.524. The topological polar surface area (TPSA) is 46.9 Å². The lowest BCUT2D eigenvalue weighted by Gasteiger charge is -2.07. The maximum absolute atomic E-state index is 13.1. The number of hydrogen-bond acceptors (Lipinski definition) is 3. The van der Waals surface area contributed by atoms with E-state index in [2.05, 4.69) is 10.4 Å². The van der Waals surface area contributed by atoms with E-state index in [0.717, 1.165) is 21.3 Å². The summed E-state index contributed by atoms with van der Waals surface area (Å²) in [7, 11) is 0. The van der Waals surface area contributed by atoms with Crippen molar-refractivity contribution in [1.82, 2.24) is 9.78 Å². The zero-order valence-electron chi connectivity index (χ0n) is 15.3. The predicted molar refractivity (Wildman–Crippen MR) is 112 cm³/mol. The van der Waals surface area contributed by atoms with E-state index in [4.69, 9.17) is 11.6 Å². The average Bonchev–Trinajstić information content (AvgIpc) is 3.15. The molecule has 7 heteroatoms. The zero-order valence-corrected chi connectivity index (χ0v) is 16.9. The van der Waals surface area contributed by atoms with Crippen LogP contribution < -0.4 is 5.32 Å². The lowest BCUT2D eigenvalue weighted by molar-refractivity contribution is 0.103. The Morgan fingerprint density at radius 1 is 1.18 bits per heavy atom. The van der Waals surface area contributed by atoms with Crippen LogP contribution in [0.1, 0.15) is 26.6 Å². The SMILES string of the molecule is Cc1nn(Cc2ccc(F)cc2)c(C)c1NC(=O)c1sc2ccccc2c1Cl. The monoisotopic (exact) mass is 413 g/mol. The lowest BCUT2D eigenvalue weighted by atomic mass is 10.2. The Hall–Kier alpha value is -2.70. The molecule has 4 aromatic rings. The molecule has 4 nitrogen and oxygen atoms in total. The summed E-state index contributed by atoms with van der Waals surface area (Å²) in [6.07, 6.45) is 0. The van der Waals surface area contributed by atoms with Gasteiger partial charge in [0.1, 0.15) is 10.7 Å². The number of hydrogen-bond donors (Lipinski definition) is 1. The highest BCUT2D eigenvalue weighted by atomic mass is 35.5. The second-order valence-electron chi connectivity index (χ2n) is 6.53. The highest BCUT2D eigenvalue weighted by Gasteiger charge is 2.20. The predicted octanol–water partition coefficient (Wildman–Crippen LogP) is 5.81. The van der Waals surface area contributed by atoms with Crippen LogP contribution in [0.4, 0.5) is 10.1 Å². The van der Waals surface area contributed by atoms with E-state index in [1.807, 2.05) is 38.1 Å². The fraction of sp³-hybridized carbons (Fsp3) is 0.143. The van der Waals surface area contributed by atoms with Gasteiger partial charge in [0.05, 0.1) is 28.6 Å². The fourth-order valence-corrected chi connectivity index (χ4v) is 4.54. The summed E-state index contributed by atoms with van der Waals surface area (Å²) in [5.41, 5.74) is 3.13.